The number of halogens is 2. The van der Waals surface area contributed by atoms with Crippen molar-refractivity contribution in [2.75, 3.05) is 13.6 Å². The third-order valence-corrected chi connectivity index (χ3v) is 1.67. The summed E-state index contributed by atoms with van der Waals surface area (Å²) in [7, 11) is 1.64. The van der Waals surface area contributed by atoms with E-state index in [4.69, 9.17) is 0 Å². The van der Waals surface area contributed by atoms with Gasteiger partial charge in [-0.15, -0.1) is 0 Å². The molecule has 0 fully saturated rings. The minimum Gasteiger partial charge on any atom is -0.313 e. The third kappa shape index (κ3) is 2.56. The Kier molecular flexibility index (Phi) is 3.64. The van der Waals surface area contributed by atoms with Crippen LogP contribution >= 0.6 is 0 Å². The molecule has 14 heavy (non-hydrogen) atoms. The van der Waals surface area contributed by atoms with E-state index in [1.54, 1.807) is 7.05 Å². The predicted octanol–water partition coefficient (Wildman–Crippen LogP) is 1.42. The maximum Gasteiger partial charge on any atom is 0.280 e. The molecule has 0 radical (unpaired) electrons. The summed E-state index contributed by atoms with van der Waals surface area (Å²) in [6.07, 6.45) is -1.43. The summed E-state index contributed by atoms with van der Waals surface area (Å²) in [6.45, 7) is 0.176. The van der Waals surface area contributed by atoms with Gasteiger partial charge < -0.3 is 5.32 Å². The molecule has 0 aliphatic carbocycles. The number of hydrogen-bond donors (Lipinski definition) is 1. The smallest absolute Gasteiger partial charge is 0.280 e. The summed E-state index contributed by atoms with van der Waals surface area (Å²) < 4.78 is 24.2. The second-order valence-electron chi connectivity index (χ2n) is 2.73. The highest BCUT2D eigenvalue weighted by Crippen LogP contribution is 2.15. The van der Waals surface area contributed by atoms with Gasteiger partial charge in [-0.25, -0.2) is 8.78 Å². The van der Waals surface area contributed by atoms with Crippen LogP contribution < -0.4 is 5.32 Å². The summed E-state index contributed by atoms with van der Waals surface area (Å²) >= 11 is 0. The number of alkyl halides is 2. The Hall–Kier alpha value is -1.36. The lowest BCUT2D eigenvalue weighted by Gasteiger charge is -2.01. The Morgan fingerprint density at radius 2 is 2.29 bits per heavy atom. The van der Waals surface area contributed by atoms with Crippen molar-refractivity contribution in [1.29, 1.82) is 0 Å². The molecule has 76 valence electrons. The fraction of sp³-hybridized carbons (Fsp3) is 0.333. The molecule has 0 aliphatic heterocycles. The Balaban J connectivity index is 2.78. The van der Waals surface area contributed by atoms with Crippen LogP contribution in [0.4, 0.5) is 8.78 Å². The second-order valence-corrected chi connectivity index (χ2v) is 2.73. The highest BCUT2D eigenvalue weighted by molar-refractivity contribution is 5.97. The van der Waals surface area contributed by atoms with Crippen LogP contribution in [0.25, 0.3) is 0 Å². The molecular formula is C9H10F2N2O. The lowest BCUT2D eigenvalue weighted by atomic mass is 10.2. The van der Waals surface area contributed by atoms with Gasteiger partial charge in [0.05, 0.1) is 6.54 Å². The normalized spacial score (nSPS) is 10.6. The molecule has 1 aromatic rings. The SMILES string of the molecule is CNCC(=O)c1ccc(C(F)F)nc1. The van der Waals surface area contributed by atoms with Crippen LogP contribution in [0.3, 0.4) is 0 Å². The average Bonchev–Trinajstić information content (AvgIpc) is 2.18. The number of carbonyl (C=O) groups is 1. The number of pyridine rings is 1. The van der Waals surface area contributed by atoms with Crippen molar-refractivity contribution >= 4 is 5.78 Å². The van der Waals surface area contributed by atoms with E-state index in [0.717, 1.165) is 6.07 Å². The van der Waals surface area contributed by atoms with Crippen molar-refractivity contribution in [1.82, 2.24) is 10.3 Å². The minimum absolute atomic E-state index is 0.166. The maximum atomic E-state index is 12.1. The van der Waals surface area contributed by atoms with E-state index in [0.29, 0.717) is 5.56 Å². The fourth-order valence-electron chi connectivity index (χ4n) is 0.962. The lowest BCUT2D eigenvalue weighted by molar-refractivity contribution is 0.0992. The number of ketones is 1. The molecule has 0 spiro atoms. The minimum atomic E-state index is -2.59. The predicted molar refractivity (Wildman–Crippen MR) is 47.5 cm³/mol. The molecule has 1 rings (SSSR count). The molecule has 0 bridgehead atoms. The fourth-order valence-corrected chi connectivity index (χ4v) is 0.962. The highest BCUT2D eigenvalue weighted by atomic mass is 19.3. The van der Waals surface area contributed by atoms with Crippen molar-refractivity contribution in [3.8, 4) is 0 Å². The van der Waals surface area contributed by atoms with Gasteiger partial charge in [-0.1, -0.05) is 0 Å². The molecule has 0 aliphatic rings. The van der Waals surface area contributed by atoms with Gasteiger partial charge in [-0.2, -0.15) is 0 Å². The highest BCUT2D eigenvalue weighted by Gasteiger charge is 2.10. The van der Waals surface area contributed by atoms with E-state index in [-0.39, 0.29) is 18.0 Å². The zero-order chi connectivity index (χ0) is 10.6. The van der Waals surface area contributed by atoms with Gasteiger partial charge in [0.1, 0.15) is 5.69 Å². The first kappa shape index (κ1) is 10.7. The third-order valence-electron chi connectivity index (χ3n) is 1.67. The Bertz CT molecular complexity index is 311. The van der Waals surface area contributed by atoms with Crippen LogP contribution in [-0.4, -0.2) is 24.4 Å². The largest absolute Gasteiger partial charge is 0.313 e. The van der Waals surface area contributed by atoms with E-state index in [1.165, 1.54) is 12.3 Å². The maximum absolute atomic E-state index is 12.1. The van der Waals surface area contributed by atoms with Gasteiger partial charge in [0.2, 0.25) is 0 Å². The number of aromatic nitrogens is 1. The second kappa shape index (κ2) is 4.76. The van der Waals surface area contributed by atoms with Crippen molar-refractivity contribution in [3.05, 3.63) is 29.6 Å². The Morgan fingerprint density at radius 1 is 1.57 bits per heavy atom. The topological polar surface area (TPSA) is 42.0 Å². The van der Waals surface area contributed by atoms with Crippen molar-refractivity contribution in [2.24, 2.45) is 0 Å². The quantitative estimate of drug-likeness (QED) is 0.747. The van der Waals surface area contributed by atoms with Crippen LogP contribution in [0.1, 0.15) is 22.5 Å². The number of hydrogen-bond acceptors (Lipinski definition) is 3. The van der Waals surface area contributed by atoms with Crippen LogP contribution in [0.2, 0.25) is 0 Å². The number of nitrogens with zero attached hydrogens (tertiary/aromatic N) is 1. The van der Waals surface area contributed by atoms with Crippen molar-refractivity contribution < 1.29 is 13.6 Å². The van der Waals surface area contributed by atoms with Gasteiger partial charge in [0.15, 0.2) is 5.78 Å². The van der Waals surface area contributed by atoms with E-state index in [2.05, 4.69) is 10.3 Å². The summed E-state index contributed by atoms with van der Waals surface area (Å²) in [5.74, 6) is -0.166. The molecule has 0 saturated heterocycles. The van der Waals surface area contributed by atoms with E-state index in [9.17, 15) is 13.6 Å². The van der Waals surface area contributed by atoms with Crippen LogP contribution in [0, 0.1) is 0 Å². The standard InChI is InChI=1S/C9H10F2N2O/c1-12-5-8(14)6-2-3-7(9(10)11)13-4-6/h2-4,9,12H,5H2,1H3. The molecule has 5 heteroatoms. The summed E-state index contributed by atoms with van der Waals surface area (Å²) in [5, 5.41) is 2.68. The molecule has 0 atom stereocenters. The van der Waals surface area contributed by atoms with Crippen LogP contribution in [-0.2, 0) is 0 Å². The van der Waals surface area contributed by atoms with E-state index >= 15 is 0 Å². The van der Waals surface area contributed by atoms with Gasteiger partial charge in [-0.05, 0) is 19.2 Å². The molecule has 0 aromatic carbocycles. The Labute approximate surface area is 80.2 Å². The van der Waals surface area contributed by atoms with E-state index in [1.807, 2.05) is 0 Å². The number of nitrogens with one attached hydrogen (secondary N) is 1. The number of rotatable bonds is 4. The molecular weight excluding hydrogens is 190 g/mol. The van der Waals surface area contributed by atoms with E-state index < -0.39 is 6.43 Å². The summed E-state index contributed by atoms with van der Waals surface area (Å²) in [5.41, 5.74) is 0.0229. The number of carbonyl (C=O) groups excluding carboxylic acids is 1. The monoisotopic (exact) mass is 200 g/mol. The molecule has 3 nitrogen and oxygen atoms in total. The Morgan fingerprint density at radius 3 is 2.71 bits per heavy atom. The van der Waals surface area contributed by atoms with Gasteiger partial charge in [0.25, 0.3) is 6.43 Å². The first-order chi connectivity index (χ1) is 6.65. The van der Waals surface area contributed by atoms with Crippen LogP contribution in [0.15, 0.2) is 18.3 Å². The first-order valence-corrected chi connectivity index (χ1v) is 4.07. The molecule has 1 N–H and O–H groups in total. The lowest BCUT2D eigenvalue weighted by Crippen LogP contribution is -2.18. The van der Waals surface area contributed by atoms with Crippen molar-refractivity contribution in [3.63, 3.8) is 0 Å². The zero-order valence-electron chi connectivity index (χ0n) is 7.63. The summed E-state index contributed by atoms with van der Waals surface area (Å²) in [6, 6.07) is 2.52. The molecule has 1 aromatic heterocycles. The van der Waals surface area contributed by atoms with Gasteiger partial charge in [-0.3, -0.25) is 9.78 Å². The number of likely N-dealkylation sites (N-methyl/N-ethyl adjacent to an activating group) is 1. The molecule has 0 saturated carbocycles. The molecule has 0 amide bonds. The first-order valence-electron chi connectivity index (χ1n) is 4.07. The molecule has 1 heterocycles. The van der Waals surface area contributed by atoms with Gasteiger partial charge in [0, 0.05) is 11.8 Å². The average molecular weight is 200 g/mol. The molecule has 0 unspecified atom stereocenters. The summed E-state index contributed by atoms with van der Waals surface area (Å²) in [4.78, 5) is 14.7. The van der Waals surface area contributed by atoms with Crippen LogP contribution in [0.5, 0.6) is 0 Å². The number of Topliss-reactive ketones (excluding diaryl/α,β-unsaturated/α-hetero) is 1. The van der Waals surface area contributed by atoms with Crippen molar-refractivity contribution in [2.45, 2.75) is 6.43 Å². The van der Waals surface area contributed by atoms with Gasteiger partial charge >= 0.3 is 0 Å². The zero-order valence-corrected chi connectivity index (χ0v) is 7.63.